The van der Waals surface area contributed by atoms with E-state index in [1.807, 2.05) is 6.07 Å². The monoisotopic (exact) mass is 356 g/mol. The van der Waals surface area contributed by atoms with E-state index in [0.29, 0.717) is 6.42 Å². The fraction of sp³-hybridized carbons (Fsp3) is 0.647. The molecule has 1 unspecified atom stereocenters. The lowest BCUT2D eigenvalue weighted by Crippen LogP contribution is -2.59. The van der Waals surface area contributed by atoms with Crippen molar-refractivity contribution in [3.05, 3.63) is 34.1 Å². The van der Waals surface area contributed by atoms with Gasteiger partial charge in [0.05, 0.1) is 0 Å². The maximum Gasteiger partial charge on any atom is 0.124 e. The van der Waals surface area contributed by atoms with Crippen molar-refractivity contribution in [3.63, 3.8) is 0 Å². The predicted molar refractivity (Wildman–Crippen MR) is 89.9 cm³/mol. The van der Waals surface area contributed by atoms with E-state index in [0.717, 1.165) is 36.0 Å². The normalized spacial score (nSPS) is 18.1. The van der Waals surface area contributed by atoms with E-state index in [-0.39, 0.29) is 17.4 Å². The summed E-state index contributed by atoms with van der Waals surface area (Å²) >= 11 is 3.36. The number of hydrogen-bond acceptors (Lipinski definition) is 2. The van der Waals surface area contributed by atoms with Crippen LogP contribution in [0.15, 0.2) is 22.7 Å². The number of nitrogens with two attached hydrogens (primary N) is 1. The summed E-state index contributed by atoms with van der Waals surface area (Å²) in [7, 11) is 0. The van der Waals surface area contributed by atoms with E-state index in [2.05, 4.69) is 34.7 Å². The van der Waals surface area contributed by atoms with Crippen molar-refractivity contribution in [2.45, 2.75) is 57.5 Å². The summed E-state index contributed by atoms with van der Waals surface area (Å²) in [5, 5.41) is 0. The molecule has 0 saturated carbocycles. The van der Waals surface area contributed by atoms with Gasteiger partial charge in [0, 0.05) is 16.1 Å². The van der Waals surface area contributed by atoms with Crippen LogP contribution in [-0.2, 0) is 6.42 Å². The summed E-state index contributed by atoms with van der Waals surface area (Å²) in [5.74, 6) is -0.202. The first-order valence-electron chi connectivity index (χ1n) is 7.97. The van der Waals surface area contributed by atoms with Gasteiger partial charge in [-0.05, 0) is 69.0 Å². The predicted octanol–water partition coefficient (Wildman–Crippen LogP) is 4.11. The summed E-state index contributed by atoms with van der Waals surface area (Å²) in [6.45, 7) is 6.73. The number of rotatable bonds is 6. The van der Waals surface area contributed by atoms with Crippen molar-refractivity contribution in [2.75, 3.05) is 13.1 Å². The van der Waals surface area contributed by atoms with Crippen LogP contribution >= 0.6 is 15.9 Å². The van der Waals surface area contributed by atoms with E-state index in [9.17, 15) is 4.39 Å². The number of hydrogen-bond donors (Lipinski definition) is 1. The van der Waals surface area contributed by atoms with Crippen LogP contribution < -0.4 is 5.73 Å². The molecular weight excluding hydrogens is 331 g/mol. The maximum atomic E-state index is 13.6. The summed E-state index contributed by atoms with van der Waals surface area (Å²) in [5.41, 5.74) is 7.62. The largest absolute Gasteiger partial charge is 0.326 e. The second-order valence-electron chi connectivity index (χ2n) is 6.09. The Morgan fingerprint density at radius 1 is 1.24 bits per heavy atom. The van der Waals surface area contributed by atoms with Crippen LogP contribution in [0.4, 0.5) is 4.39 Å². The Morgan fingerprint density at radius 2 is 1.86 bits per heavy atom. The third-order valence-corrected chi connectivity index (χ3v) is 5.49. The van der Waals surface area contributed by atoms with Crippen LogP contribution in [0.2, 0.25) is 0 Å². The number of likely N-dealkylation sites (tertiary alicyclic amines) is 1. The van der Waals surface area contributed by atoms with Crippen molar-refractivity contribution in [1.82, 2.24) is 4.90 Å². The second kappa shape index (κ2) is 7.21. The Labute approximate surface area is 136 Å². The first kappa shape index (κ1) is 16.9. The minimum absolute atomic E-state index is 0.0271. The van der Waals surface area contributed by atoms with E-state index in [4.69, 9.17) is 5.73 Å². The maximum absolute atomic E-state index is 13.6. The van der Waals surface area contributed by atoms with Gasteiger partial charge in [0.2, 0.25) is 0 Å². The summed E-state index contributed by atoms with van der Waals surface area (Å²) in [4.78, 5) is 2.56. The Bertz CT molecular complexity index is 448. The van der Waals surface area contributed by atoms with Crippen LogP contribution in [0.1, 0.15) is 45.1 Å². The van der Waals surface area contributed by atoms with Crippen molar-refractivity contribution >= 4 is 15.9 Å². The molecule has 1 aromatic rings. The molecule has 1 aliphatic heterocycles. The molecule has 2 rings (SSSR count). The van der Waals surface area contributed by atoms with E-state index in [1.165, 1.54) is 18.9 Å². The molecule has 0 bridgehead atoms. The van der Waals surface area contributed by atoms with Crippen molar-refractivity contribution < 1.29 is 4.39 Å². The molecule has 0 amide bonds. The molecule has 1 saturated heterocycles. The molecule has 1 heterocycles. The van der Waals surface area contributed by atoms with Gasteiger partial charge in [-0.25, -0.2) is 4.39 Å². The zero-order chi connectivity index (χ0) is 15.5. The van der Waals surface area contributed by atoms with Gasteiger partial charge in [0.1, 0.15) is 5.82 Å². The molecule has 1 fully saturated rings. The smallest absolute Gasteiger partial charge is 0.124 e. The van der Waals surface area contributed by atoms with Gasteiger partial charge >= 0.3 is 0 Å². The van der Waals surface area contributed by atoms with Crippen molar-refractivity contribution in [3.8, 4) is 0 Å². The average molecular weight is 357 g/mol. The minimum Gasteiger partial charge on any atom is -0.326 e. The molecule has 0 radical (unpaired) electrons. The summed E-state index contributed by atoms with van der Waals surface area (Å²) in [6.07, 6.45) is 5.33. The first-order valence-corrected chi connectivity index (χ1v) is 8.76. The van der Waals surface area contributed by atoms with E-state index >= 15 is 0 Å². The molecule has 1 aliphatic rings. The lowest BCUT2D eigenvalue weighted by molar-refractivity contribution is 0.0768. The highest BCUT2D eigenvalue weighted by molar-refractivity contribution is 9.10. The molecule has 4 heteroatoms. The quantitative estimate of drug-likeness (QED) is 0.830. The minimum atomic E-state index is -0.202. The molecule has 0 spiro atoms. The van der Waals surface area contributed by atoms with Gasteiger partial charge in [0.15, 0.2) is 0 Å². The zero-order valence-electron chi connectivity index (χ0n) is 13.0. The molecule has 1 atom stereocenters. The molecule has 2 N–H and O–H groups in total. The van der Waals surface area contributed by atoms with E-state index in [1.54, 1.807) is 6.07 Å². The number of halogens is 2. The topological polar surface area (TPSA) is 29.3 Å². The highest BCUT2D eigenvalue weighted by Gasteiger charge is 2.40. The zero-order valence-corrected chi connectivity index (χ0v) is 14.6. The van der Waals surface area contributed by atoms with Crippen LogP contribution in [-0.4, -0.2) is 29.6 Å². The van der Waals surface area contributed by atoms with Gasteiger partial charge in [-0.2, -0.15) is 0 Å². The van der Waals surface area contributed by atoms with Gasteiger partial charge in [-0.3, -0.25) is 4.90 Å². The van der Waals surface area contributed by atoms with Crippen LogP contribution in [0, 0.1) is 5.82 Å². The molecule has 21 heavy (non-hydrogen) atoms. The highest BCUT2D eigenvalue weighted by Crippen LogP contribution is 2.32. The van der Waals surface area contributed by atoms with Crippen molar-refractivity contribution in [2.24, 2.45) is 5.73 Å². The molecule has 2 nitrogen and oxygen atoms in total. The highest BCUT2D eigenvalue weighted by atomic mass is 79.9. The van der Waals surface area contributed by atoms with Crippen molar-refractivity contribution in [1.29, 1.82) is 0 Å². The van der Waals surface area contributed by atoms with Gasteiger partial charge in [-0.15, -0.1) is 0 Å². The Morgan fingerprint density at radius 3 is 2.38 bits per heavy atom. The molecule has 0 aromatic heterocycles. The average Bonchev–Trinajstić information content (AvgIpc) is 2.94. The van der Waals surface area contributed by atoms with Gasteiger partial charge in [0.25, 0.3) is 0 Å². The third-order valence-electron chi connectivity index (χ3n) is 5.03. The SMILES string of the molecule is CCC(CC)(C(N)Cc1cc(F)cc(Br)c1)N1CCCC1. The van der Waals surface area contributed by atoms with Gasteiger partial charge < -0.3 is 5.73 Å². The van der Waals surface area contributed by atoms with Gasteiger partial charge in [-0.1, -0.05) is 29.8 Å². The Balaban J connectivity index is 2.19. The van der Waals surface area contributed by atoms with E-state index < -0.39 is 0 Å². The van der Waals surface area contributed by atoms with Crippen LogP contribution in [0.3, 0.4) is 0 Å². The first-order chi connectivity index (χ1) is 10.0. The molecular formula is C17H26BrFN2. The third kappa shape index (κ3) is 3.66. The fourth-order valence-corrected chi connectivity index (χ4v) is 4.30. The van der Waals surface area contributed by atoms with Crippen LogP contribution in [0.25, 0.3) is 0 Å². The Kier molecular flexibility index (Phi) is 5.81. The number of nitrogens with zero attached hydrogens (tertiary/aromatic N) is 1. The lowest BCUT2D eigenvalue weighted by atomic mass is 9.80. The molecule has 118 valence electrons. The Hall–Kier alpha value is -0.450. The molecule has 0 aliphatic carbocycles. The summed E-state index contributed by atoms with van der Waals surface area (Å²) < 4.78 is 14.3. The summed E-state index contributed by atoms with van der Waals surface area (Å²) in [6, 6.07) is 5.09. The fourth-order valence-electron chi connectivity index (χ4n) is 3.79. The second-order valence-corrected chi connectivity index (χ2v) is 7.01. The number of benzene rings is 1. The lowest BCUT2D eigenvalue weighted by Gasteiger charge is -2.45. The van der Waals surface area contributed by atoms with Crippen LogP contribution in [0.5, 0.6) is 0 Å². The standard InChI is InChI=1S/C17H26BrFN2/c1-3-17(4-2,21-7-5-6-8-21)16(20)11-13-9-14(18)12-15(19)10-13/h9-10,12,16H,3-8,11,20H2,1-2H3. The molecule has 1 aromatic carbocycles.